The molecule has 0 aromatic heterocycles. The molecule has 0 fully saturated rings. The highest BCUT2D eigenvalue weighted by molar-refractivity contribution is 6.00. The number of hydrogen-bond acceptors (Lipinski definition) is 2. The molecule has 0 bridgehead atoms. The molecule has 1 aromatic rings. The lowest BCUT2D eigenvalue weighted by Crippen LogP contribution is -2.24. The Bertz CT molecular complexity index is 416. The Kier molecular flexibility index (Phi) is 3.98. The highest BCUT2D eigenvalue weighted by atomic mass is 19.4. The van der Waals surface area contributed by atoms with Crippen molar-refractivity contribution in [2.24, 2.45) is 0 Å². The molecular weight excluding hydrogens is 233 g/mol. The Balaban J connectivity index is 3.29. The third-order valence-corrected chi connectivity index (χ3v) is 2.20. The van der Waals surface area contributed by atoms with Crippen molar-refractivity contribution in [3.63, 3.8) is 0 Å². The zero-order valence-corrected chi connectivity index (χ0v) is 9.48. The van der Waals surface area contributed by atoms with Gasteiger partial charge < -0.3 is 10.6 Å². The Morgan fingerprint density at radius 1 is 1.35 bits per heavy atom. The molecule has 6 heteroatoms. The third-order valence-electron chi connectivity index (χ3n) is 2.20. The summed E-state index contributed by atoms with van der Waals surface area (Å²) in [6.45, 7) is 2.06. The number of rotatable bonds is 3. The van der Waals surface area contributed by atoms with Gasteiger partial charge in [-0.2, -0.15) is 13.2 Å². The van der Waals surface area contributed by atoms with E-state index in [0.29, 0.717) is 6.54 Å². The normalized spacial score (nSPS) is 11.1. The summed E-state index contributed by atoms with van der Waals surface area (Å²) in [4.78, 5) is 11.6. The van der Waals surface area contributed by atoms with Crippen molar-refractivity contribution in [1.29, 1.82) is 0 Å². The molecule has 0 unspecified atom stereocenters. The van der Waals surface area contributed by atoms with Crippen molar-refractivity contribution >= 4 is 11.6 Å². The molecule has 1 aromatic carbocycles. The first-order chi connectivity index (χ1) is 7.91. The van der Waals surface area contributed by atoms with E-state index in [1.807, 2.05) is 0 Å². The molecule has 0 saturated heterocycles. The van der Waals surface area contributed by atoms with E-state index >= 15 is 0 Å². The molecule has 0 aliphatic rings. The van der Waals surface area contributed by atoms with Crippen LogP contribution >= 0.6 is 0 Å². The van der Waals surface area contributed by atoms with Crippen molar-refractivity contribution in [2.45, 2.75) is 13.1 Å². The topological polar surface area (TPSA) is 41.1 Å². The number of anilines is 1. The Morgan fingerprint density at radius 3 is 2.47 bits per heavy atom. The van der Waals surface area contributed by atoms with Crippen molar-refractivity contribution < 1.29 is 18.0 Å². The number of carbonyl (C=O) groups is 1. The van der Waals surface area contributed by atoms with Gasteiger partial charge in [-0.15, -0.1) is 0 Å². The second-order valence-electron chi connectivity index (χ2n) is 3.34. The van der Waals surface area contributed by atoms with Crippen molar-refractivity contribution in [3.8, 4) is 0 Å². The fourth-order valence-electron chi connectivity index (χ4n) is 1.50. The predicted molar refractivity (Wildman–Crippen MR) is 59.0 cm³/mol. The molecule has 3 nitrogen and oxygen atoms in total. The van der Waals surface area contributed by atoms with Gasteiger partial charge in [-0.1, -0.05) is 6.07 Å². The number of halogens is 3. The van der Waals surface area contributed by atoms with Gasteiger partial charge in [0, 0.05) is 13.6 Å². The third kappa shape index (κ3) is 2.89. The van der Waals surface area contributed by atoms with E-state index < -0.39 is 17.6 Å². The van der Waals surface area contributed by atoms with Crippen LogP contribution in [0.5, 0.6) is 0 Å². The summed E-state index contributed by atoms with van der Waals surface area (Å²) in [5, 5.41) is 4.90. The number of nitrogens with one attached hydrogen (secondary N) is 2. The number of carbonyl (C=O) groups excluding carboxylic acids is 1. The number of hydrogen-bond donors (Lipinski definition) is 2. The summed E-state index contributed by atoms with van der Waals surface area (Å²) < 4.78 is 38.1. The van der Waals surface area contributed by atoms with Crippen molar-refractivity contribution in [2.75, 3.05) is 18.9 Å². The molecule has 0 atom stereocenters. The zero-order valence-electron chi connectivity index (χ0n) is 9.48. The second-order valence-corrected chi connectivity index (χ2v) is 3.34. The maximum absolute atomic E-state index is 12.7. The number of amides is 1. The van der Waals surface area contributed by atoms with Crippen LogP contribution in [-0.4, -0.2) is 19.5 Å². The predicted octanol–water partition coefficient (Wildman–Crippen LogP) is 2.50. The van der Waals surface area contributed by atoms with Crippen LogP contribution in [0.15, 0.2) is 18.2 Å². The Labute approximate surface area is 97.0 Å². The van der Waals surface area contributed by atoms with Gasteiger partial charge in [0.15, 0.2) is 0 Å². The van der Waals surface area contributed by atoms with Gasteiger partial charge in [0.25, 0.3) is 5.91 Å². The number of para-hydroxylation sites is 1. The average molecular weight is 246 g/mol. The monoisotopic (exact) mass is 246 g/mol. The fraction of sp³-hybridized carbons (Fsp3) is 0.364. The van der Waals surface area contributed by atoms with E-state index in [2.05, 4.69) is 10.6 Å². The van der Waals surface area contributed by atoms with Crippen LogP contribution in [0, 0.1) is 0 Å². The summed E-state index contributed by atoms with van der Waals surface area (Å²) in [6, 6.07) is 3.51. The van der Waals surface area contributed by atoms with Crippen LogP contribution < -0.4 is 10.6 Å². The van der Waals surface area contributed by atoms with Gasteiger partial charge in [-0.25, -0.2) is 0 Å². The molecule has 0 spiro atoms. The molecule has 1 rings (SSSR count). The first-order valence-electron chi connectivity index (χ1n) is 5.08. The summed E-state index contributed by atoms with van der Waals surface area (Å²) >= 11 is 0. The van der Waals surface area contributed by atoms with E-state index in [1.54, 1.807) is 6.92 Å². The van der Waals surface area contributed by atoms with E-state index in [-0.39, 0.29) is 11.3 Å². The average Bonchev–Trinajstić information content (AvgIpc) is 2.27. The largest absolute Gasteiger partial charge is 0.418 e. The number of benzene rings is 1. The lowest BCUT2D eigenvalue weighted by molar-refractivity contribution is -0.136. The molecule has 2 N–H and O–H groups in total. The Hall–Kier alpha value is -1.72. The van der Waals surface area contributed by atoms with Gasteiger partial charge in [-0.05, 0) is 19.1 Å². The highest BCUT2D eigenvalue weighted by Crippen LogP contribution is 2.36. The van der Waals surface area contributed by atoms with E-state index in [9.17, 15) is 18.0 Å². The van der Waals surface area contributed by atoms with Crippen LogP contribution in [0.2, 0.25) is 0 Å². The van der Waals surface area contributed by atoms with Gasteiger partial charge in [0.1, 0.15) is 0 Å². The minimum atomic E-state index is -4.49. The zero-order chi connectivity index (χ0) is 13.1. The van der Waals surface area contributed by atoms with Gasteiger partial charge >= 0.3 is 6.18 Å². The van der Waals surface area contributed by atoms with Crippen LogP contribution in [-0.2, 0) is 6.18 Å². The first kappa shape index (κ1) is 13.3. The van der Waals surface area contributed by atoms with Gasteiger partial charge in [0.2, 0.25) is 0 Å². The number of alkyl halides is 3. The molecule has 0 heterocycles. The van der Waals surface area contributed by atoms with Crippen LogP contribution in [0.4, 0.5) is 18.9 Å². The van der Waals surface area contributed by atoms with Gasteiger partial charge in [-0.3, -0.25) is 4.79 Å². The lowest BCUT2D eigenvalue weighted by Gasteiger charge is -2.15. The summed E-state index contributed by atoms with van der Waals surface area (Å²) in [5.41, 5.74) is -1.06. The standard InChI is InChI=1S/C11H13F3N2O/c1-3-16-10(17)7-5-4-6-8(9(7)15-2)11(12,13)14/h4-6,15H,3H2,1-2H3,(H,16,17). The quantitative estimate of drug-likeness (QED) is 0.860. The summed E-state index contributed by atoms with van der Waals surface area (Å²) in [7, 11) is 1.35. The lowest BCUT2D eigenvalue weighted by atomic mass is 10.1. The molecule has 0 aliphatic heterocycles. The van der Waals surface area contributed by atoms with Crippen LogP contribution in [0.1, 0.15) is 22.8 Å². The Morgan fingerprint density at radius 2 is 2.00 bits per heavy atom. The molecule has 0 radical (unpaired) electrons. The van der Waals surface area contributed by atoms with E-state index in [1.165, 1.54) is 19.2 Å². The molecule has 94 valence electrons. The van der Waals surface area contributed by atoms with E-state index in [4.69, 9.17) is 0 Å². The van der Waals surface area contributed by atoms with Crippen LogP contribution in [0.3, 0.4) is 0 Å². The van der Waals surface area contributed by atoms with Gasteiger partial charge in [0.05, 0.1) is 16.8 Å². The van der Waals surface area contributed by atoms with Crippen LogP contribution in [0.25, 0.3) is 0 Å². The first-order valence-corrected chi connectivity index (χ1v) is 5.08. The molecule has 17 heavy (non-hydrogen) atoms. The van der Waals surface area contributed by atoms with Crippen molar-refractivity contribution in [1.82, 2.24) is 5.32 Å². The maximum atomic E-state index is 12.7. The second kappa shape index (κ2) is 5.07. The fourth-order valence-corrected chi connectivity index (χ4v) is 1.50. The highest BCUT2D eigenvalue weighted by Gasteiger charge is 2.34. The molecular formula is C11H13F3N2O. The molecule has 0 saturated carbocycles. The summed E-state index contributed by atoms with van der Waals surface area (Å²) in [6.07, 6.45) is -4.49. The van der Waals surface area contributed by atoms with Crippen molar-refractivity contribution in [3.05, 3.63) is 29.3 Å². The maximum Gasteiger partial charge on any atom is 0.418 e. The SMILES string of the molecule is CCNC(=O)c1cccc(C(F)(F)F)c1NC. The summed E-state index contributed by atoms with van der Waals surface area (Å²) in [5.74, 6) is -0.525. The molecule has 0 aliphatic carbocycles. The van der Waals surface area contributed by atoms with E-state index in [0.717, 1.165) is 6.07 Å². The smallest absolute Gasteiger partial charge is 0.387 e. The molecule has 1 amide bonds. The minimum Gasteiger partial charge on any atom is -0.387 e. The minimum absolute atomic E-state index is 0.0100.